The van der Waals surface area contributed by atoms with Crippen LogP contribution in [0.5, 0.6) is 0 Å². The third-order valence-corrected chi connectivity index (χ3v) is 4.37. The van der Waals surface area contributed by atoms with Crippen molar-refractivity contribution in [1.82, 2.24) is 10.3 Å². The minimum atomic E-state index is -0.0131. The Morgan fingerprint density at radius 2 is 2.15 bits per heavy atom. The molecule has 2 rings (SSSR count). The van der Waals surface area contributed by atoms with Gasteiger partial charge >= 0.3 is 0 Å². The third-order valence-electron chi connectivity index (χ3n) is 4.37. The molecule has 2 N–H and O–H groups in total. The number of carbonyl (C=O) groups excluding carboxylic acids is 1. The Bertz CT molecular complexity index is 461. The first-order valence-corrected chi connectivity index (χ1v) is 7.60. The van der Waals surface area contributed by atoms with Crippen molar-refractivity contribution in [2.45, 2.75) is 46.1 Å². The monoisotopic (exact) mass is 275 g/mol. The molecule has 0 spiro atoms. The largest absolute Gasteiger partial charge is 0.385 e. The van der Waals surface area contributed by atoms with Crippen LogP contribution < -0.4 is 10.6 Å². The summed E-state index contributed by atoms with van der Waals surface area (Å²) in [5.74, 6) is 1.43. The number of nitrogens with zero attached hydrogens (tertiary/aromatic N) is 1. The van der Waals surface area contributed by atoms with Crippen molar-refractivity contribution in [3.63, 3.8) is 0 Å². The Hall–Kier alpha value is -1.58. The topological polar surface area (TPSA) is 54.0 Å². The summed E-state index contributed by atoms with van der Waals surface area (Å²) in [6.07, 6.45) is 6.69. The van der Waals surface area contributed by atoms with Gasteiger partial charge in [0, 0.05) is 25.0 Å². The lowest BCUT2D eigenvalue weighted by molar-refractivity contribution is 0.0911. The highest BCUT2D eigenvalue weighted by atomic mass is 16.1. The van der Waals surface area contributed by atoms with Crippen LogP contribution in [-0.4, -0.2) is 23.5 Å². The zero-order valence-electron chi connectivity index (χ0n) is 12.6. The number of anilines is 1. The number of hydrogen-bond acceptors (Lipinski definition) is 3. The molecule has 4 nitrogen and oxygen atoms in total. The number of nitrogens with one attached hydrogen (secondary N) is 2. The minimum Gasteiger partial charge on any atom is -0.385 e. The van der Waals surface area contributed by atoms with Crippen molar-refractivity contribution in [2.24, 2.45) is 11.8 Å². The van der Waals surface area contributed by atoms with Crippen molar-refractivity contribution in [3.8, 4) is 0 Å². The van der Waals surface area contributed by atoms with E-state index in [1.54, 1.807) is 12.4 Å². The molecule has 1 aromatic rings. The van der Waals surface area contributed by atoms with Gasteiger partial charge in [0.15, 0.2) is 0 Å². The van der Waals surface area contributed by atoms with Gasteiger partial charge in [-0.05, 0) is 44.1 Å². The van der Waals surface area contributed by atoms with Crippen LogP contribution in [0.1, 0.15) is 50.4 Å². The highest BCUT2D eigenvalue weighted by molar-refractivity contribution is 5.99. The van der Waals surface area contributed by atoms with Crippen LogP contribution in [0.25, 0.3) is 0 Å². The van der Waals surface area contributed by atoms with Gasteiger partial charge in [0.2, 0.25) is 0 Å². The molecular formula is C16H25N3O. The van der Waals surface area contributed by atoms with Crippen LogP contribution in [0, 0.1) is 11.8 Å². The van der Waals surface area contributed by atoms with Crippen molar-refractivity contribution in [3.05, 3.63) is 24.0 Å². The molecule has 0 bridgehead atoms. The zero-order chi connectivity index (χ0) is 14.5. The molecule has 3 unspecified atom stereocenters. The van der Waals surface area contributed by atoms with Crippen LogP contribution in [0.15, 0.2) is 18.5 Å². The van der Waals surface area contributed by atoms with E-state index in [9.17, 15) is 4.79 Å². The van der Waals surface area contributed by atoms with Gasteiger partial charge in [0.25, 0.3) is 5.91 Å². The van der Waals surface area contributed by atoms with Gasteiger partial charge in [-0.15, -0.1) is 0 Å². The lowest BCUT2D eigenvalue weighted by atomic mass is 9.79. The summed E-state index contributed by atoms with van der Waals surface area (Å²) >= 11 is 0. The molecule has 1 heterocycles. The van der Waals surface area contributed by atoms with E-state index in [2.05, 4.69) is 29.5 Å². The summed E-state index contributed by atoms with van der Waals surface area (Å²) in [6, 6.07) is 2.15. The SMILES string of the molecule is CCNc1ccncc1C(=O)NC1CCC(C)C(C)C1. The van der Waals surface area contributed by atoms with Gasteiger partial charge in [0.05, 0.1) is 11.3 Å². The Balaban J connectivity index is 2.01. The molecule has 1 amide bonds. The summed E-state index contributed by atoms with van der Waals surface area (Å²) in [5, 5.41) is 6.38. The smallest absolute Gasteiger partial charge is 0.255 e. The molecule has 20 heavy (non-hydrogen) atoms. The van der Waals surface area contributed by atoms with Gasteiger partial charge in [-0.3, -0.25) is 9.78 Å². The molecule has 0 radical (unpaired) electrons. The summed E-state index contributed by atoms with van der Waals surface area (Å²) in [6.45, 7) is 7.39. The molecular weight excluding hydrogens is 250 g/mol. The fourth-order valence-corrected chi connectivity index (χ4v) is 2.86. The highest BCUT2D eigenvalue weighted by Crippen LogP contribution is 2.29. The number of amides is 1. The van der Waals surface area contributed by atoms with Crippen molar-refractivity contribution < 1.29 is 4.79 Å². The quantitative estimate of drug-likeness (QED) is 0.888. The van der Waals surface area contributed by atoms with E-state index in [0.29, 0.717) is 17.5 Å². The van der Waals surface area contributed by atoms with Gasteiger partial charge in [-0.2, -0.15) is 0 Å². The second kappa shape index (κ2) is 6.73. The minimum absolute atomic E-state index is 0.0131. The second-order valence-electron chi connectivity index (χ2n) is 5.89. The summed E-state index contributed by atoms with van der Waals surface area (Å²) < 4.78 is 0. The molecule has 1 aromatic heterocycles. The molecule has 1 saturated carbocycles. The Kier molecular flexibility index (Phi) is 4.99. The molecule has 110 valence electrons. The Morgan fingerprint density at radius 1 is 1.35 bits per heavy atom. The Morgan fingerprint density at radius 3 is 2.85 bits per heavy atom. The fraction of sp³-hybridized carbons (Fsp3) is 0.625. The first-order valence-electron chi connectivity index (χ1n) is 7.60. The van der Waals surface area contributed by atoms with E-state index in [4.69, 9.17) is 0 Å². The lowest BCUT2D eigenvalue weighted by Crippen LogP contribution is -2.40. The fourth-order valence-electron chi connectivity index (χ4n) is 2.86. The number of carbonyl (C=O) groups is 1. The van der Waals surface area contributed by atoms with Crippen LogP contribution in [-0.2, 0) is 0 Å². The average molecular weight is 275 g/mol. The molecule has 0 aliphatic heterocycles. The molecule has 0 saturated heterocycles. The summed E-state index contributed by atoms with van der Waals surface area (Å²) in [4.78, 5) is 16.5. The molecule has 1 aliphatic rings. The standard InChI is InChI=1S/C16H25N3O/c1-4-18-15-7-8-17-10-14(15)16(20)19-13-6-5-11(2)12(3)9-13/h7-8,10-13H,4-6,9H2,1-3H3,(H,17,18)(H,19,20). The normalized spacial score (nSPS) is 26.1. The van der Waals surface area contributed by atoms with Crippen LogP contribution >= 0.6 is 0 Å². The first-order chi connectivity index (χ1) is 9.61. The van der Waals surface area contributed by atoms with E-state index in [0.717, 1.165) is 31.0 Å². The number of pyridine rings is 1. The molecule has 3 atom stereocenters. The molecule has 0 aromatic carbocycles. The van der Waals surface area contributed by atoms with Gasteiger partial charge in [-0.25, -0.2) is 0 Å². The number of aromatic nitrogens is 1. The Labute approximate surface area is 121 Å². The van der Waals surface area contributed by atoms with E-state index in [1.165, 1.54) is 6.42 Å². The van der Waals surface area contributed by atoms with E-state index >= 15 is 0 Å². The average Bonchev–Trinajstić information content (AvgIpc) is 2.44. The third kappa shape index (κ3) is 3.50. The maximum atomic E-state index is 12.4. The van der Waals surface area contributed by atoms with Gasteiger partial charge in [-0.1, -0.05) is 13.8 Å². The number of hydrogen-bond donors (Lipinski definition) is 2. The van der Waals surface area contributed by atoms with Crippen molar-refractivity contribution in [1.29, 1.82) is 0 Å². The second-order valence-corrected chi connectivity index (χ2v) is 5.89. The van der Waals surface area contributed by atoms with E-state index < -0.39 is 0 Å². The lowest BCUT2D eigenvalue weighted by Gasteiger charge is -2.32. The maximum absolute atomic E-state index is 12.4. The van der Waals surface area contributed by atoms with Crippen LogP contribution in [0.3, 0.4) is 0 Å². The van der Waals surface area contributed by atoms with E-state index in [1.807, 2.05) is 13.0 Å². The maximum Gasteiger partial charge on any atom is 0.255 e. The zero-order valence-corrected chi connectivity index (χ0v) is 12.6. The van der Waals surface area contributed by atoms with E-state index in [-0.39, 0.29) is 5.91 Å². The first kappa shape index (κ1) is 14.8. The van der Waals surface area contributed by atoms with Gasteiger partial charge in [0.1, 0.15) is 0 Å². The van der Waals surface area contributed by atoms with Crippen LogP contribution in [0.4, 0.5) is 5.69 Å². The van der Waals surface area contributed by atoms with Crippen molar-refractivity contribution >= 4 is 11.6 Å². The predicted molar refractivity (Wildman–Crippen MR) is 81.8 cm³/mol. The highest BCUT2D eigenvalue weighted by Gasteiger charge is 2.26. The molecule has 4 heteroatoms. The summed E-state index contributed by atoms with van der Waals surface area (Å²) in [5.41, 5.74) is 1.50. The molecule has 1 aliphatic carbocycles. The van der Waals surface area contributed by atoms with Gasteiger partial charge < -0.3 is 10.6 Å². The number of rotatable bonds is 4. The van der Waals surface area contributed by atoms with Crippen molar-refractivity contribution in [2.75, 3.05) is 11.9 Å². The molecule has 1 fully saturated rings. The summed E-state index contributed by atoms with van der Waals surface area (Å²) in [7, 11) is 0. The van der Waals surface area contributed by atoms with Crippen LogP contribution in [0.2, 0.25) is 0 Å². The predicted octanol–water partition coefficient (Wildman–Crippen LogP) is 3.07.